The van der Waals surface area contributed by atoms with Gasteiger partial charge in [-0.15, -0.1) is 0 Å². The van der Waals surface area contributed by atoms with Gasteiger partial charge in [-0.3, -0.25) is 0 Å². The summed E-state index contributed by atoms with van der Waals surface area (Å²) in [5, 5.41) is 6.65. The Morgan fingerprint density at radius 3 is 1.68 bits per heavy atom. The zero-order valence-electron chi connectivity index (χ0n) is 14.5. The van der Waals surface area contributed by atoms with Gasteiger partial charge in [-0.25, -0.2) is 0 Å². The summed E-state index contributed by atoms with van der Waals surface area (Å²) < 4.78 is 5.40. The molecule has 1 aliphatic heterocycles. The van der Waals surface area contributed by atoms with E-state index in [0.717, 1.165) is 13.1 Å². The normalized spacial score (nSPS) is 16.5. The fraction of sp³-hybridized carbons (Fsp3) is 0.800. The van der Waals surface area contributed by atoms with E-state index >= 15 is 0 Å². The molecule has 0 unspecified atom stereocenters. The summed E-state index contributed by atoms with van der Waals surface area (Å²) in [5.74, 6) is 1.88. The van der Waals surface area contributed by atoms with Crippen molar-refractivity contribution < 1.29 is 4.74 Å². The lowest BCUT2D eigenvalue weighted by atomic mass is 10.1. The number of morpholine rings is 1. The number of anilines is 3. The Morgan fingerprint density at radius 1 is 0.818 bits per heavy atom. The SMILES string of the molecule is CC(C)(C)Nc1nc(NC(C)(C)C)nc(N2CCOCC2)n1. The Labute approximate surface area is 132 Å². The number of nitrogens with one attached hydrogen (secondary N) is 2. The zero-order chi connectivity index (χ0) is 16.4. The first kappa shape index (κ1) is 16.7. The molecule has 124 valence electrons. The maximum Gasteiger partial charge on any atom is 0.232 e. The molecule has 0 radical (unpaired) electrons. The molecule has 0 aliphatic carbocycles. The van der Waals surface area contributed by atoms with E-state index in [9.17, 15) is 0 Å². The first-order valence-corrected chi connectivity index (χ1v) is 7.78. The van der Waals surface area contributed by atoms with Crippen LogP contribution in [-0.4, -0.2) is 52.3 Å². The topological polar surface area (TPSA) is 75.2 Å². The molecule has 1 aromatic heterocycles. The Bertz CT molecular complexity index is 465. The maximum atomic E-state index is 5.40. The summed E-state index contributed by atoms with van der Waals surface area (Å²) in [5.41, 5.74) is -0.217. The van der Waals surface area contributed by atoms with Crippen LogP contribution in [0.4, 0.5) is 17.8 Å². The van der Waals surface area contributed by atoms with Crippen molar-refractivity contribution in [2.24, 2.45) is 0 Å². The second-order valence-corrected chi connectivity index (χ2v) is 7.63. The highest BCUT2D eigenvalue weighted by Gasteiger charge is 2.20. The minimum atomic E-state index is -0.108. The van der Waals surface area contributed by atoms with Gasteiger partial charge < -0.3 is 20.3 Å². The Hall–Kier alpha value is -1.63. The number of ether oxygens (including phenoxy) is 1. The number of hydrogen-bond acceptors (Lipinski definition) is 7. The molecule has 1 saturated heterocycles. The van der Waals surface area contributed by atoms with E-state index in [1.165, 1.54) is 0 Å². The summed E-state index contributed by atoms with van der Waals surface area (Å²) in [6.45, 7) is 15.5. The van der Waals surface area contributed by atoms with Crippen LogP contribution in [0.3, 0.4) is 0 Å². The molecule has 1 aliphatic rings. The van der Waals surface area contributed by atoms with Gasteiger partial charge in [-0.2, -0.15) is 15.0 Å². The molecular weight excluding hydrogens is 280 g/mol. The van der Waals surface area contributed by atoms with Crippen LogP contribution in [-0.2, 0) is 4.74 Å². The summed E-state index contributed by atoms with van der Waals surface area (Å²) in [7, 11) is 0. The lowest BCUT2D eigenvalue weighted by Crippen LogP contribution is -2.38. The smallest absolute Gasteiger partial charge is 0.232 e. The minimum Gasteiger partial charge on any atom is -0.378 e. The van der Waals surface area contributed by atoms with E-state index in [0.29, 0.717) is 31.1 Å². The van der Waals surface area contributed by atoms with Gasteiger partial charge in [0.05, 0.1) is 13.2 Å². The molecule has 22 heavy (non-hydrogen) atoms. The highest BCUT2D eigenvalue weighted by atomic mass is 16.5. The van der Waals surface area contributed by atoms with Gasteiger partial charge in [-0.05, 0) is 41.5 Å². The lowest BCUT2D eigenvalue weighted by Gasteiger charge is -2.29. The highest BCUT2D eigenvalue weighted by molar-refractivity contribution is 5.45. The van der Waals surface area contributed by atoms with Crippen molar-refractivity contribution in [1.29, 1.82) is 0 Å². The second-order valence-electron chi connectivity index (χ2n) is 7.63. The van der Waals surface area contributed by atoms with Crippen molar-refractivity contribution in [2.45, 2.75) is 52.6 Å². The molecular formula is C15H28N6O. The van der Waals surface area contributed by atoms with Gasteiger partial charge in [0.2, 0.25) is 17.8 Å². The van der Waals surface area contributed by atoms with E-state index in [2.05, 4.69) is 72.0 Å². The lowest BCUT2D eigenvalue weighted by molar-refractivity contribution is 0.122. The van der Waals surface area contributed by atoms with E-state index in [4.69, 9.17) is 4.74 Å². The van der Waals surface area contributed by atoms with Crippen LogP contribution in [0, 0.1) is 0 Å². The highest BCUT2D eigenvalue weighted by Crippen LogP contribution is 2.19. The third-order valence-electron chi connectivity index (χ3n) is 2.89. The van der Waals surface area contributed by atoms with Crippen molar-refractivity contribution in [1.82, 2.24) is 15.0 Å². The van der Waals surface area contributed by atoms with Crippen molar-refractivity contribution >= 4 is 17.8 Å². The molecule has 2 heterocycles. The molecule has 0 amide bonds. The Balaban J connectivity index is 2.30. The van der Waals surface area contributed by atoms with Gasteiger partial charge in [0.15, 0.2) is 0 Å². The first-order valence-electron chi connectivity index (χ1n) is 7.78. The van der Waals surface area contributed by atoms with Crippen LogP contribution in [0.5, 0.6) is 0 Å². The van der Waals surface area contributed by atoms with Crippen LogP contribution < -0.4 is 15.5 Å². The fourth-order valence-electron chi connectivity index (χ4n) is 2.05. The Kier molecular flexibility index (Phi) is 4.75. The third-order valence-corrected chi connectivity index (χ3v) is 2.89. The van der Waals surface area contributed by atoms with E-state index < -0.39 is 0 Å². The molecule has 0 saturated carbocycles. The number of nitrogens with zero attached hydrogens (tertiary/aromatic N) is 4. The van der Waals surface area contributed by atoms with Crippen molar-refractivity contribution in [3.05, 3.63) is 0 Å². The maximum absolute atomic E-state index is 5.40. The van der Waals surface area contributed by atoms with Crippen LogP contribution in [0.2, 0.25) is 0 Å². The molecule has 2 N–H and O–H groups in total. The van der Waals surface area contributed by atoms with Crippen molar-refractivity contribution in [3.8, 4) is 0 Å². The molecule has 1 aromatic rings. The Morgan fingerprint density at radius 2 is 1.27 bits per heavy atom. The zero-order valence-corrected chi connectivity index (χ0v) is 14.5. The molecule has 0 aromatic carbocycles. The fourth-order valence-corrected chi connectivity index (χ4v) is 2.05. The monoisotopic (exact) mass is 308 g/mol. The van der Waals surface area contributed by atoms with Gasteiger partial charge in [0, 0.05) is 24.2 Å². The van der Waals surface area contributed by atoms with Crippen molar-refractivity contribution in [2.75, 3.05) is 41.8 Å². The summed E-state index contributed by atoms with van der Waals surface area (Å²) in [6, 6.07) is 0. The molecule has 0 spiro atoms. The third kappa shape index (κ3) is 5.29. The van der Waals surface area contributed by atoms with Crippen LogP contribution in [0.1, 0.15) is 41.5 Å². The quantitative estimate of drug-likeness (QED) is 0.886. The predicted octanol–water partition coefficient (Wildman–Crippen LogP) is 2.13. The average molecular weight is 308 g/mol. The van der Waals surface area contributed by atoms with Crippen LogP contribution >= 0.6 is 0 Å². The predicted molar refractivity (Wildman–Crippen MR) is 89.6 cm³/mol. The first-order chi connectivity index (χ1) is 10.1. The summed E-state index contributed by atoms with van der Waals surface area (Å²) >= 11 is 0. The number of hydrogen-bond donors (Lipinski definition) is 2. The molecule has 1 fully saturated rings. The number of rotatable bonds is 3. The van der Waals surface area contributed by atoms with Crippen molar-refractivity contribution in [3.63, 3.8) is 0 Å². The minimum absolute atomic E-state index is 0.108. The van der Waals surface area contributed by atoms with Gasteiger partial charge in [-0.1, -0.05) is 0 Å². The average Bonchev–Trinajstić information content (AvgIpc) is 2.35. The van der Waals surface area contributed by atoms with E-state index in [1.807, 2.05) is 0 Å². The van der Waals surface area contributed by atoms with E-state index in [1.54, 1.807) is 0 Å². The molecule has 7 heteroatoms. The molecule has 7 nitrogen and oxygen atoms in total. The molecule has 0 bridgehead atoms. The van der Waals surface area contributed by atoms with Gasteiger partial charge in [0.1, 0.15) is 0 Å². The van der Waals surface area contributed by atoms with Crippen LogP contribution in [0.15, 0.2) is 0 Å². The largest absolute Gasteiger partial charge is 0.378 e. The van der Waals surface area contributed by atoms with Gasteiger partial charge >= 0.3 is 0 Å². The standard InChI is InChI=1S/C15H28N6O/c1-14(2,3)19-11-16-12(20-15(4,5)6)18-13(17-11)21-7-9-22-10-8-21/h7-10H2,1-6H3,(H2,16,17,18,19,20). The molecule has 0 atom stereocenters. The van der Waals surface area contributed by atoms with Gasteiger partial charge in [0.25, 0.3) is 0 Å². The number of aromatic nitrogens is 3. The van der Waals surface area contributed by atoms with Crippen LogP contribution in [0.25, 0.3) is 0 Å². The summed E-state index contributed by atoms with van der Waals surface area (Å²) in [4.78, 5) is 15.8. The molecule has 2 rings (SSSR count). The van der Waals surface area contributed by atoms with E-state index in [-0.39, 0.29) is 11.1 Å². The summed E-state index contributed by atoms with van der Waals surface area (Å²) in [6.07, 6.45) is 0. The second kappa shape index (κ2) is 6.24.